The molecular formula is C15H14Cl2F5O2. The second-order valence-electron chi connectivity index (χ2n) is 6.09. The summed E-state index contributed by atoms with van der Waals surface area (Å²) in [6, 6.07) is 1.67. The zero-order valence-corrected chi connectivity index (χ0v) is 13.9. The number of rotatable bonds is 2. The third kappa shape index (κ3) is 3.49. The van der Waals surface area contributed by atoms with Crippen LogP contribution in [0.4, 0.5) is 22.0 Å². The van der Waals surface area contributed by atoms with Crippen LogP contribution in [0.25, 0.3) is 0 Å². The molecule has 135 valence electrons. The van der Waals surface area contributed by atoms with Crippen LogP contribution in [0, 0.1) is 6.42 Å². The summed E-state index contributed by atoms with van der Waals surface area (Å²) in [6.07, 6.45) is -5.79. The summed E-state index contributed by atoms with van der Waals surface area (Å²) in [6.45, 7) is 0.540. The van der Waals surface area contributed by atoms with Crippen molar-refractivity contribution in [2.24, 2.45) is 0 Å². The van der Waals surface area contributed by atoms with Crippen molar-refractivity contribution in [2.45, 2.75) is 49.5 Å². The predicted molar refractivity (Wildman–Crippen MR) is 79.1 cm³/mol. The minimum Gasteiger partial charge on any atom is -0.385 e. The first-order chi connectivity index (χ1) is 10.7. The fraction of sp³-hybridized carbons (Fsp3) is 0.533. The molecule has 2 rings (SSSR count). The summed E-state index contributed by atoms with van der Waals surface area (Å²) < 4.78 is 65.2. The van der Waals surface area contributed by atoms with Gasteiger partial charge in [-0.2, -0.15) is 13.2 Å². The van der Waals surface area contributed by atoms with Gasteiger partial charge in [-0.05, 0) is 37.5 Å². The van der Waals surface area contributed by atoms with E-state index in [-0.39, 0.29) is 22.0 Å². The van der Waals surface area contributed by atoms with Gasteiger partial charge in [0, 0.05) is 28.5 Å². The molecule has 2 atom stereocenters. The number of hydrogen-bond donors (Lipinski definition) is 2. The average Bonchev–Trinajstić information content (AvgIpc) is 2.40. The highest BCUT2D eigenvalue weighted by molar-refractivity contribution is 6.36. The fourth-order valence-corrected chi connectivity index (χ4v) is 3.42. The van der Waals surface area contributed by atoms with Crippen LogP contribution in [0.15, 0.2) is 12.1 Å². The molecule has 2 N–H and O–H groups in total. The molecule has 0 amide bonds. The van der Waals surface area contributed by atoms with E-state index >= 15 is 0 Å². The third-order valence-corrected chi connectivity index (χ3v) is 4.83. The molecule has 0 spiro atoms. The number of aliphatic hydroxyl groups is 2. The molecule has 1 fully saturated rings. The Kier molecular flexibility index (Phi) is 4.90. The van der Waals surface area contributed by atoms with Crippen molar-refractivity contribution in [3.8, 4) is 0 Å². The second kappa shape index (κ2) is 5.97. The van der Waals surface area contributed by atoms with Crippen LogP contribution in [0.5, 0.6) is 0 Å². The predicted octanol–water partition coefficient (Wildman–Crippen LogP) is 4.97. The molecule has 0 bridgehead atoms. The van der Waals surface area contributed by atoms with E-state index in [2.05, 4.69) is 0 Å². The number of halogens is 7. The Morgan fingerprint density at radius 2 is 1.58 bits per heavy atom. The zero-order chi connectivity index (χ0) is 18.6. The molecule has 2 nitrogen and oxygen atoms in total. The van der Waals surface area contributed by atoms with E-state index in [9.17, 15) is 32.2 Å². The Balaban J connectivity index is 2.45. The Labute approximate surface area is 145 Å². The standard InChI is InChI=1S/C15H14Cl2F5O2/c1-12(23,15(20,21)22)8-6-9(16)11(10(17)7-8)13(24)2-4-14(18,19)5-3-13/h4,6-7,23-24H,2-3,5H2,1H3. The van der Waals surface area contributed by atoms with E-state index in [1.165, 1.54) is 0 Å². The van der Waals surface area contributed by atoms with E-state index in [1.807, 2.05) is 0 Å². The van der Waals surface area contributed by atoms with Gasteiger partial charge in [0.15, 0.2) is 5.60 Å². The van der Waals surface area contributed by atoms with Gasteiger partial charge < -0.3 is 10.2 Å². The molecule has 1 aromatic carbocycles. The monoisotopic (exact) mass is 391 g/mol. The lowest BCUT2D eigenvalue weighted by Crippen LogP contribution is -2.40. The molecule has 1 radical (unpaired) electrons. The lowest BCUT2D eigenvalue weighted by Gasteiger charge is -2.37. The maximum atomic E-state index is 13.2. The SMILES string of the molecule is CC(O)(c1cc(Cl)c(C2(O)C[CH]C(F)(F)CC2)c(Cl)c1)C(F)(F)F. The molecule has 1 aliphatic carbocycles. The van der Waals surface area contributed by atoms with Gasteiger partial charge >= 0.3 is 6.18 Å². The maximum absolute atomic E-state index is 13.2. The summed E-state index contributed by atoms with van der Waals surface area (Å²) in [5, 5.41) is 19.6. The smallest absolute Gasteiger partial charge is 0.385 e. The third-order valence-electron chi connectivity index (χ3n) is 4.23. The molecule has 24 heavy (non-hydrogen) atoms. The van der Waals surface area contributed by atoms with Gasteiger partial charge in [-0.1, -0.05) is 23.2 Å². The molecule has 1 aromatic rings. The molecule has 0 saturated heterocycles. The van der Waals surface area contributed by atoms with E-state index < -0.39 is 41.7 Å². The van der Waals surface area contributed by atoms with Crippen molar-refractivity contribution in [1.82, 2.24) is 0 Å². The van der Waals surface area contributed by atoms with Crippen LogP contribution < -0.4 is 0 Å². The van der Waals surface area contributed by atoms with Crippen LogP contribution in [0.1, 0.15) is 37.3 Å². The van der Waals surface area contributed by atoms with Crippen LogP contribution in [-0.4, -0.2) is 22.3 Å². The van der Waals surface area contributed by atoms with Gasteiger partial charge in [0.05, 0.1) is 5.60 Å². The minimum atomic E-state index is -4.97. The Morgan fingerprint density at radius 1 is 1.08 bits per heavy atom. The highest BCUT2D eigenvalue weighted by Crippen LogP contribution is 2.49. The second-order valence-corrected chi connectivity index (χ2v) is 6.90. The Bertz CT molecular complexity index is 610. The Morgan fingerprint density at radius 3 is 1.96 bits per heavy atom. The van der Waals surface area contributed by atoms with Gasteiger partial charge in [0.2, 0.25) is 0 Å². The van der Waals surface area contributed by atoms with Gasteiger partial charge in [-0.25, -0.2) is 8.78 Å². The number of benzene rings is 1. The molecule has 0 aliphatic heterocycles. The minimum absolute atomic E-state index is 0.126. The molecule has 0 aromatic heterocycles. The van der Waals surface area contributed by atoms with Gasteiger partial charge in [-0.3, -0.25) is 0 Å². The number of alkyl halides is 5. The molecular weight excluding hydrogens is 378 g/mol. The van der Waals surface area contributed by atoms with E-state index in [4.69, 9.17) is 23.2 Å². The van der Waals surface area contributed by atoms with Crippen molar-refractivity contribution in [3.63, 3.8) is 0 Å². The van der Waals surface area contributed by atoms with Crippen LogP contribution in [0.2, 0.25) is 10.0 Å². The largest absolute Gasteiger partial charge is 0.421 e. The quantitative estimate of drug-likeness (QED) is 0.698. The highest BCUT2D eigenvalue weighted by atomic mass is 35.5. The highest BCUT2D eigenvalue weighted by Gasteiger charge is 2.52. The van der Waals surface area contributed by atoms with Crippen molar-refractivity contribution in [1.29, 1.82) is 0 Å². The van der Waals surface area contributed by atoms with E-state index in [0.29, 0.717) is 13.3 Å². The average molecular weight is 392 g/mol. The fourth-order valence-electron chi connectivity index (χ4n) is 2.59. The Hall–Kier alpha value is -0.630. The summed E-state index contributed by atoms with van der Waals surface area (Å²) >= 11 is 11.9. The topological polar surface area (TPSA) is 40.5 Å². The van der Waals surface area contributed by atoms with E-state index in [1.54, 1.807) is 0 Å². The summed E-state index contributed by atoms with van der Waals surface area (Å²) in [7, 11) is 0. The number of hydrogen-bond acceptors (Lipinski definition) is 2. The first kappa shape index (κ1) is 19.7. The van der Waals surface area contributed by atoms with Crippen molar-refractivity contribution < 1.29 is 32.2 Å². The van der Waals surface area contributed by atoms with Crippen LogP contribution in [-0.2, 0) is 11.2 Å². The molecule has 2 unspecified atom stereocenters. The zero-order valence-electron chi connectivity index (χ0n) is 12.4. The summed E-state index contributed by atoms with van der Waals surface area (Å²) in [4.78, 5) is 0. The van der Waals surface area contributed by atoms with Crippen LogP contribution >= 0.6 is 23.2 Å². The molecule has 1 saturated carbocycles. The first-order valence-corrected chi connectivity index (χ1v) is 7.69. The summed E-state index contributed by atoms with van der Waals surface area (Å²) in [5.41, 5.74) is -5.74. The van der Waals surface area contributed by atoms with Gasteiger partial charge in [-0.15, -0.1) is 0 Å². The summed E-state index contributed by atoms with van der Waals surface area (Å²) in [5.74, 6) is -3.04. The van der Waals surface area contributed by atoms with Crippen molar-refractivity contribution in [3.05, 3.63) is 39.7 Å². The molecule has 1 aliphatic rings. The normalized spacial score (nSPS) is 22.9. The van der Waals surface area contributed by atoms with Crippen molar-refractivity contribution in [2.75, 3.05) is 0 Å². The van der Waals surface area contributed by atoms with Gasteiger partial charge in [0.1, 0.15) is 0 Å². The van der Waals surface area contributed by atoms with E-state index in [0.717, 1.165) is 12.1 Å². The van der Waals surface area contributed by atoms with Gasteiger partial charge in [0.25, 0.3) is 5.92 Å². The van der Waals surface area contributed by atoms with Crippen LogP contribution in [0.3, 0.4) is 0 Å². The lowest BCUT2D eigenvalue weighted by molar-refractivity contribution is -0.258. The maximum Gasteiger partial charge on any atom is 0.421 e. The van der Waals surface area contributed by atoms with Crippen molar-refractivity contribution >= 4 is 23.2 Å². The first-order valence-electron chi connectivity index (χ1n) is 6.93. The lowest BCUT2D eigenvalue weighted by atomic mass is 9.77. The molecule has 0 heterocycles. The molecule has 9 heteroatoms.